The van der Waals surface area contributed by atoms with Crippen molar-refractivity contribution in [3.63, 3.8) is 0 Å². The lowest BCUT2D eigenvalue weighted by Gasteiger charge is -2.38. The Morgan fingerprint density at radius 1 is 1.19 bits per heavy atom. The van der Waals surface area contributed by atoms with Crippen molar-refractivity contribution >= 4 is 6.09 Å². The van der Waals surface area contributed by atoms with Gasteiger partial charge >= 0.3 is 6.09 Å². The number of benzene rings is 1. The summed E-state index contributed by atoms with van der Waals surface area (Å²) in [7, 11) is 0. The predicted molar refractivity (Wildman–Crippen MR) is 100 cm³/mol. The van der Waals surface area contributed by atoms with Gasteiger partial charge in [0.2, 0.25) is 0 Å². The maximum atomic E-state index is 12.3. The van der Waals surface area contributed by atoms with E-state index in [-0.39, 0.29) is 6.09 Å². The molecule has 0 spiro atoms. The molecule has 2 fully saturated rings. The molecular formula is C21H31NO4. The number of nitrogens with zero attached hydrogens (tertiary/aromatic N) is 1. The zero-order chi connectivity index (χ0) is 18.8. The van der Waals surface area contributed by atoms with Gasteiger partial charge in [-0.25, -0.2) is 4.79 Å². The molecule has 0 aliphatic carbocycles. The van der Waals surface area contributed by atoms with Crippen LogP contribution >= 0.6 is 0 Å². The van der Waals surface area contributed by atoms with Gasteiger partial charge in [-0.2, -0.15) is 0 Å². The minimum absolute atomic E-state index is 0.229. The van der Waals surface area contributed by atoms with Crippen LogP contribution in [0.4, 0.5) is 4.79 Å². The molecule has 0 saturated carbocycles. The fourth-order valence-electron chi connectivity index (χ4n) is 3.95. The van der Waals surface area contributed by atoms with E-state index in [1.54, 1.807) is 4.90 Å². The molecule has 3 rings (SSSR count). The van der Waals surface area contributed by atoms with E-state index in [0.717, 1.165) is 18.4 Å². The van der Waals surface area contributed by atoms with E-state index in [2.05, 4.69) is 12.1 Å². The van der Waals surface area contributed by atoms with Crippen LogP contribution in [-0.2, 0) is 15.1 Å². The van der Waals surface area contributed by atoms with Crippen molar-refractivity contribution < 1.29 is 19.4 Å². The summed E-state index contributed by atoms with van der Waals surface area (Å²) < 4.78 is 10.9. The molecule has 1 amide bonds. The van der Waals surface area contributed by atoms with Gasteiger partial charge < -0.3 is 19.5 Å². The van der Waals surface area contributed by atoms with Crippen molar-refractivity contribution in [3.8, 4) is 0 Å². The molecule has 5 heteroatoms. The van der Waals surface area contributed by atoms with Crippen molar-refractivity contribution in [1.82, 2.24) is 4.90 Å². The Kier molecular flexibility index (Phi) is 5.58. The summed E-state index contributed by atoms with van der Waals surface area (Å²) in [6.45, 7) is 8.25. The molecule has 0 unspecified atom stereocenters. The third-order valence-electron chi connectivity index (χ3n) is 5.37. The van der Waals surface area contributed by atoms with Crippen molar-refractivity contribution in [2.45, 2.75) is 63.6 Å². The lowest BCUT2D eigenvalue weighted by atomic mass is 9.78. The summed E-state index contributed by atoms with van der Waals surface area (Å²) in [4.78, 5) is 14.1. The van der Waals surface area contributed by atoms with Gasteiger partial charge in [0.05, 0.1) is 5.60 Å². The van der Waals surface area contributed by atoms with Crippen molar-refractivity contribution in [3.05, 3.63) is 35.4 Å². The van der Waals surface area contributed by atoms with Crippen LogP contribution in [0.3, 0.4) is 0 Å². The molecule has 2 aliphatic heterocycles. The highest BCUT2D eigenvalue weighted by Crippen LogP contribution is 2.39. The topological polar surface area (TPSA) is 59.0 Å². The molecule has 0 radical (unpaired) electrons. The highest BCUT2D eigenvalue weighted by atomic mass is 16.6. The maximum absolute atomic E-state index is 12.3. The third kappa shape index (κ3) is 4.38. The van der Waals surface area contributed by atoms with Gasteiger partial charge in [0.25, 0.3) is 0 Å². The molecule has 26 heavy (non-hydrogen) atoms. The Labute approximate surface area is 156 Å². The van der Waals surface area contributed by atoms with Gasteiger partial charge in [0.15, 0.2) is 0 Å². The second-order valence-electron chi connectivity index (χ2n) is 8.47. The first-order valence-electron chi connectivity index (χ1n) is 9.66. The van der Waals surface area contributed by atoms with Crippen LogP contribution in [0.15, 0.2) is 24.3 Å². The quantitative estimate of drug-likeness (QED) is 0.870. The molecule has 2 saturated heterocycles. The summed E-state index contributed by atoms with van der Waals surface area (Å²) in [5, 5.41) is 11.2. The highest BCUT2D eigenvalue weighted by molar-refractivity contribution is 5.68. The highest BCUT2D eigenvalue weighted by Gasteiger charge is 2.36. The number of amides is 1. The number of carbonyl (C=O) groups is 1. The van der Waals surface area contributed by atoms with Crippen LogP contribution in [-0.4, -0.2) is 48.0 Å². The summed E-state index contributed by atoms with van der Waals surface area (Å²) in [6.07, 6.45) is 2.83. The fourth-order valence-corrected chi connectivity index (χ4v) is 3.95. The number of piperidine rings is 1. The van der Waals surface area contributed by atoms with E-state index in [4.69, 9.17) is 9.47 Å². The number of aliphatic hydroxyl groups is 1. The molecule has 0 atom stereocenters. The smallest absolute Gasteiger partial charge is 0.410 e. The van der Waals surface area contributed by atoms with Crippen LogP contribution in [0.25, 0.3) is 0 Å². The standard InChI is InChI=1S/C21H31NO4/c1-20(2,3)26-19(23)22-12-8-16(9-13-22)17-6-4-5-7-18(17)21(24)10-14-25-15-11-21/h4-7,16,24H,8-15H2,1-3H3. The van der Waals surface area contributed by atoms with Crippen molar-refractivity contribution in [2.75, 3.05) is 26.3 Å². The Bertz CT molecular complexity index is 623. The van der Waals surface area contributed by atoms with Crippen LogP contribution in [0.5, 0.6) is 0 Å². The second-order valence-corrected chi connectivity index (χ2v) is 8.47. The fraction of sp³-hybridized carbons (Fsp3) is 0.667. The summed E-state index contributed by atoms with van der Waals surface area (Å²) in [6, 6.07) is 8.24. The Morgan fingerprint density at radius 2 is 1.81 bits per heavy atom. The average molecular weight is 361 g/mol. The molecule has 1 aromatic carbocycles. The minimum Gasteiger partial charge on any atom is -0.444 e. The number of carbonyl (C=O) groups excluding carboxylic acids is 1. The van der Waals surface area contributed by atoms with E-state index >= 15 is 0 Å². The lowest BCUT2D eigenvalue weighted by molar-refractivity contribution is -0.0687. The number of likely N-dealkylation sites (tertiary alicyclic amines) is 1. The first-order chi connectivity index (χ1) is 12.3. The molecule has 1 aromatic rings. The van der Waals surface area contributed by atoms with E-state index in [9.17, 15) is 9.90 Å². The monoisotopic (exact) mass is 361 g/mol. The zero-order valence-corrected chi connectivity index (χ0v) is 16.2. The van der Waals surface area contributed by atoms with E-state index in [0.29, 0.717) is 45.1 Å². The number of hydrogen-bond donors (Lipinski definition) is 1. The predicted octanol–water partition coefficient (Wildman–Crippen LogP) is 3.80. The number of hydrogen-bond acceptors (Lipinski definition) is 4. The molecule has 5 nitrogen and oxygen atoms in total. The van der Waals surface area contributed by atoms with Crippen LogP contribution < -0.4 is 0 Å². The average Bonchev–Trinajstić information content (AvgIpc) is 2.61. The SMILES string of the molecule is CC(C)(C)OC(=O)N1CCC(c2ccccc2C2(O)CCOCC2)CC1. The summed E-state index contributed by atoms with van der Waals surface area (Å²) >= 11 is 0. The van der Waals surface area contributed by atoms with Crippen molar-refractivity contribution in [2.24, 2.45) is 0 Å². The van der Waals surface area contributed by atoms with Crippen LogP contribution in [0.1, 0.15) is 63.5 Å². The second kappa shape index (κ2) is 7.57. The molecule has 144 valence electrons. The normalized spacial score (nSPS) is 21.5. The van der Waals surface area contributed by atoms with Crippen LogP contribution in [0, 0.1) is 0 Å². The number of ether oxygens (including phenoxy) is 2. The Hall–Kier alpha value is -1.59. The van der Waals surface area contributed by atoms with Gasteiger partial charge in [-0.05, 0) is 50.7 Å². The van der Waals surface area contributed by atoms with Crippen LogP contribution in [0.2, 0.25) is 0 Å². The Morgan fingerprint density at radius 3 is 2.42 bits per heavy atom. The molecule has 0 aromatic heterocycles. The summed E-state index contributed by atoms with van der Waals surface area (Å²) in [5.74, 6) is 0.358. The molecule has 1 N–H and O–H groups in total. The van der Waals surface area contributed by atoms with E-state index < -0.39 is 11.2 Å². The lowest BCUT2D eigenvalue weighted by Crippen LogP contribution is -2.42. The molecule has 0 bridgehead atoms. The zero-order valence-electron chi connectivity index (χ0n) is 16.2. The molecular weight excluding hydrogens is 330 g/mol. The molecule has 2 heterocycles. The largest absolute Gasteiger partial charge is 0.444 e. The Balaban J connectivity index is 1.69. The van der Waals surface area contributed by atoms with Gasteiger partial charge in [0.1, 0.15) is 5.60 Å². The maximum Gasteiger partial charge on any atom is 0.410 e. The van der Waals surface area contributed by atoms with Gasteiger partial charge in [-0.3, -0.25) is 0 Å². The van der Waals surface area contributed by atoms with E-state index in [1.165, 1.54) is 5.56 Å². The summed E-state index contributed by atoms with van der Waals surface area (Å²) in [5.41, 5.74) is 1.00. The van der Waals surface area contributed by atoms with Gasteiger partial charge in [-0.15, -0.1) is 0 Å². The minimum atomic E-state index is -0.795. The number of rotatable bonds is 2. The third-order valence-corrected chi connectivity index (χ3v) is 5.37. The first kappa shape index (κ1) is 19.2. The first-order valence-corrected chi connectivity index (χ1v) is 9.66. The van der Waals surface area contributed by atoms with Crippen molar-refractivity contribution in [1.29, 1.82) is 0 Å². The van der Waals surface area contributed by atoms with E-state index in [1.807, 2.05) is 32.9 Å². The van der Waals surface area contributed by atoms with Gasteiger partial charge in [-0.1, -0.05) is 24.3 Å². The molecule has 2 aliphatic rings. The van der Waals surface area contributed by atoms with Gasteiger partial charge in [0, 0.05) is 39.1 Å².